The third kappa shape index (κ3) is 3.08. The highest BCUT2D eigenvalue weighted by molar-refractivity contribution is 7.89. The van der Waals surface area contributed by atoms with Crippen molar-refractivity contribution in [2.75, 3.05) is 13.1 Å². The molecule has 23 heavy (non-hydrogen) atoms. The minimum atomic E-state index is -3.62. The van der Waals surface area contributed by atoms with Gasteiger partial charge in [0.2, 0.25) is 15.8 Å². The van der Waals surface area contributed by atoms with Gasteiger partial charge in [0.15, 0.2) is 0 Å². The fourth-order valence-electron chi connectivity index (χ4n) is 2.55. The van der Waals surface area contributed by atoms with E-state index in [1.54, 1.807) is 12.1 Å². The van der Waals surface area contributed by atoms with Gasteiger partial charge >= 0.3 is 5.97 Å². The molecule has 1 aromatic heterocycles. The molecule has 9 nitrogen and oxygen atoms in total. The van der Waals surface area contributed by atoms with Crippen LogP contribution in [0.5, 0.6) is 0 Å². The highest BCUT2D eigenvalue weighted by Crippen LogP contribution is 2.25. The monoisotopic (exact) mass is 337 g/mol. The fourth-order valence-corrected chi connectivity index (χ4v) is 4.02. The number of benzene rings is 1. The van der Waals surface area contributed by atoms with E-state index in [4.69, 9.17) is 5.11 Å². The molecule has 0 radical (unpaired) electrons. The van der Waals surface area contributed by atoms with Crippen molar-refractivity contribution >= 4 is 16.0 Å². The lowest BCUT2D eigenvalue weighted by atomic mass is 9.99. The summed E-state index contributed by atoms with van der Waals surface area (Å²) in [4.78, 5) is 11.1. The minimum Gasteiger partial charge on any atom is -0.481 e. The smallest absolute Gasteiger partial charge is 0.306 e. The van der Waals surface area contributed by atoms with Crippen LogP contribution in [-0.2, 0) is 14.8 Å². The summed E-state index contributed by atoms with van der Waals surface area (Å²) in [5, 5.41) is 22.4. The number of rotatable bonds is 4. The molecule has 2 N–H and O–H groups in total. The number of sulfonamides is 1. The Hall–Kier alpha value is -2.33. The number of aromatic nitrogens is 4. The van der Waals surface area contributed by atoms with Crippen LogP contribution in [0.15, 0.2) is 29.2 Å². The number of carboxylic acid groups (broad SMARTS) is 1. The van der Waals surface area contributed by atoms with Crippen LogP contribution in [0, 0.1) is 5.92 Å². The first-order valence-electron chi connectivity index (χ1n) is 7.05. The molecule has 0 unspecified atom stereocenters. The van der Waals surface area contributed by atoms with E-state index in [2.05, 4.69) is 20.6 Å². The number of aromatic amines is 1. The number of carbonyl (C=O) groups is 1. The maximum atomic E-state index is 12.6. The zero-order valence-electron chi connectivity index (χ0n) is 12.1. The number of hydrogen-bond donors (Lipinski definition) is 2. The summed E-state index contributed by atoms with van der Waals surface area (Å²) in [7, 11) is -3.62. The van der Waals surface area contributed by atoms with Crippen molar-refractivity contribution in [1.29, 1.82) is 0 Å². The van der Waals surface area contributed by atoms with Crippen LogP contribution in [-0.4, -0.2) is 57.5 Å². The summed E-state index contributed by atoms with van der Waals surface area (Å²) < 4.78 is 26.5. The van der Waals surface area contributed by atoms with Crippen molar-refractivity contribution in [2.45, 2.75) is 17.7 Å². The van der Waals surface area contributed by atoms with Crippen molar-refractivity contribution in [3.63, 3.8) is 0 Å². The Labute approximate surface area is 132 Å². The normalized spacial score (nSPS) is 17.2. The van der Waals surface area contributed by atoms with Gasteiger partial charge in [0.05, 0.1) is 10.8 Å². The largest absolute Gasteiger partial charge is 0.481 e. The van der Waals surface area contributed by atoms with Gasteiger partial charge in [-0.25, -0.2) is 8.42 Å². The Morgan fingerprint density at radius 2 is 1.87 bits per heavy atom. The van der Waals surface area contributed by atoms with Crippen LogP contribution in [0.2, 0.25) is 0 Å². The molecule has 1 aliphatic rings. The molecule has 1 aromatic carbocycles. The van der Waals surface area contributed by atoms with Crippen molar-refractivity contribution in [1.82, 2.24) is 24.9 Å². The lowest BCUT2D eigenvalue weighted by Gasteiger charge is -2.29. The Kier molecular flexibility index (Phi) is 4.09. The zero-order chi connectivity index (χ0) is 16.4. The van der Waals surface area contributed by atoms with Gasteiger partial charge in [-0.05, 0) is 42.3 Å². The zero-order valence-corrected chi connectivity index (χ0v) is 12.9. The molecule has 1 fully saturated rings. The van der Waals surface area contributed by atoms with Gasteiger partial charge in [0, 0.05) is 18.7 Å². The van der Waals surface area contributed by atoms with E-state index >= 15 is 0 Å². The molecule has 0 bridgehead atoms. The van der Waals surface area contributed by atoms with Gasteiger partial charge in [-0.3, -0.25) is 4.79 Å². The van der Waals surface area contributed by atoms with E-state index < -0.39 is 21.9 Å². The van der Waals surface area contributed by atoms with Crippen LogP contribution in [0.1, 0.15) is 12.8 Å². The van der Waals surface area contributed by atoms with Crippen molar-refractivity contribution in [3.8, 4) is 11.4 Å². The van der Waals surface area contributed by atoms with E-state index in [1.165, 1.54) is 16.4 Å². The maximum Gasteiger partial charge on any atom is 0.306 e. The first kappa shape index (κ1) is 15.6. The Morgan fingerprint density at radius 1 is 1.22 bits per heavy atom. The molecule has 3 rings (SSSR count). The molecule has 1 saturated heterocycles. The quantitative estimate of drug-likeness (QED) is 0.823. The third-order valence-electron chi connectivity index (χ3n) is 3.90. The van der Waals surface area contributed by atoms with Crippen molar-refractivity contribution < 1.29 is 18.3 Å². The minimum absolute atomic E-state index is 0.165. The predicted octanol–water partition coefficient (Wildman–Crippen LogP) is 0.352. The number of carboxylic acids is 1. The number of H-pyrrole nitrogens is 1. The number of nitrogens with one attached hydrogen (secondary N) is 1. The predicted molar refractivity (Wildman–Crippen MR) is 78.7 cm³/mol. The molecular formula is C13H15N5O4S. The highest BCUT2D eigenvalue weighted by Gasteiger charge is 2.31. The third-order valence-corrected chi connectivity index (χ3v) is 5.81. The molecule has 0 spiro atoms. The molecule has 2 heterocycles. The van der Waals surface area contributed by atoms with E-state index in [-0.39, 0.29) is 18.0 Å². The van der Waals surface area contributed by atoms with Crippen molar-refractivity contribution in [2.24, 2.45) is 5.92 Å². The standard InChI is InChI=1S/C13H15N5O4S/c19-13(20)10-5-7-18(8-6-10)23(21,22)11-3-1-9(2-4-11)12-14-16-17-15-12/h1-4,10H,5-8H2,(H,19,20)(H,14,15,16,17). The van der Waals surface area contributed by atoms with Crippen molar-refractivity contribution in [3.05, 3.63) is 24.3 Å². The Bertz CT molecular complexity index is 780. The SMILES string of the molecule is O=C(O)C1CCN(S(=O)(=O)c2ccc(-c3nn[nH]n3)cc2)CC1. The molecule has 10 heteroatoms. The van der Waals surface area contributed by atoms with Gasteiger partial charge in [0.25, 0.3) is 0 Å². The number of tetrazole rings is 1. The molecular weight excluding hydrogens is 322 g/mol. The van der Waals surface area contributed by atoms with E-state index in [0.29, 0.717) is 24.2 Å². The molecule has 1 aliphatic heterocycles. The van der Waals surface area contributed by atoms with Gasteiger partial charge in [-0.15, -0.1) is 10.2 Å². The number of nitrogens with zero attached hydrogens (tertiary/aromatic N) is 4. The fraction of sp³-hybridized carbons (Fsp3) is 0.385. The summed E-state index contributed by atoms with van der Waals surface area (Å²) in [6.07, 6.45) is 0.658. The van der Waals surface area contributed by atoms with Crippen LogP contribution < -0.4 is 0 Å². The summed E-state index contributed by atoms with van der Waals surface area (Å²) >= 11 is 0. The summed E-state index contributed by atoms with van der Waals surface area (Å²) in [6.45, 7) is 0.428. The maximum absolute atomic E-state index is 12.6. The second kappa shape index (κ2) is 6.05. The topological polar surface area (TPSA) is 129 Å². The highest BCUT2D eigenvalue weighted by atomic mass is 32.2. The molecule has 0 amide bonds. The Morgan fingerprint density at radius 3 is 2.39 bits per heavy atom. The summed E-state index contributed by atoms with van der Waals surface area (Å²) in [5.74, 6) is -0.954. The van der Waals surface area contributed by atoms with Crippen LogP contribution >= 0.6 is 0 Å². The average Bonchev–Trinajstić information content (AvgIpc) is 3.09. The van der Waals surface area contributed by atoms with Crippen LogP contribution in [0.4, 0.5) is 0 Å². The summed E-state index contributed by atoms with van der Waals surface area (Å²) in [5.41, 5.74) is 0.655. The van der Waals surface area contributed by atoms with Gasteiger partial charge in [0.1, 0.15) is 0 Å². The Balaban J connectivity index is 1.76. The average molecular weight is 337 g/mol. The van der Waals surface area contributed by atoms with E-state index in [1.807, 2.05) is 0 Å². The molecule has 0 saturated carbocycles. The van der Waals surface area contributed by atoms with E-state index in [9.17, 15) is 13.2 Å². The van der Waals surface area contributed by atoms with Gasteiger partial charge in [-0.1, -0.05) is 0 Å². The number of piperidine rings is 1. The number of aliphatic carboxylic acids is 1. The van der Waals surface area contributed by atoms with Gasteiger partial charge < -0.3 is 5.11 Å². The molecule has 122 valence electrons. The second-order valence-electron chi connectivity index (χ2n) is 5.28. The first-order valence-corrected chi connectivity index (χ1v) is 8.49. The van der Waals surface area contributed by atoms with Crippen LogP contribution in [0.3, 0.4) is 0 Å². The summed E-state index contributed by atoms with van der Waals surface area (Å²) in [6, 6.07) is 6.21. The molecule has 0 atom stereocenters. The molecule has 0 aliphatic carbocycles. The van der Waals surface area contributed by atoms with Crippen LogP contribution in [0.25, 0.3) is 11.4 Å². The lowest BCUT2D eigenvalue weighted by Crippen LogP contribution is -2.40. The van der Waals surface area contributed by atoms with Gasteiger partial charge in [-0.2, -0.15) is 9.52 Å². The number of hydrogen-bond acceptors (Lipinski definition) is 6. The lowest BCUT2D eigenvalue weighted by molar-refractivity contribution is -0.142. The molecule has 2 aromatic rings. The van der Waals surface area contributed by atoms with E-state index in [0.717, 1.165) is 0 Å². The first-order chi connectivity index (χ1) is 11.0. The second-order valence-corrected chi connectivity index (χ2v) is 7.21.